The minimum Gasteiger partial charge on any atom is -0.505 e. The fraction of sp³-hybridized carbons (Fsp3) is 0.282. The van der Waals surface area contributed by atoms with Gasteiger partial charge in [-0.25, -0.2) is 4.39 Å². The second kappa shape index (κ2) is 13.9. The average molecular weight is 719 g/mol. The van der Waals surface area contributed by atoms with E-state index in [1.807, 2.05) is 36.4 Å². The van der Waals surface area contributed by atoms with Crippen molar-refractivity contribution in [3.8, 4) is 5.75 Å². The molecule has 0 aromatic heterocycles. The molecule has 0 bridgehead atoms. The summed E-state index contributed by atoms with van der Waals surface area (Å²) in [6, 6.07) is 30.1. The van der Waals surface area contributed by atoms with Crippen LogP contribution >= 0.6 is 0 Å². The maximum absolute atomic E-state index is 14.5. The SMILES string of the molecule is CC(C)(C)[Si](OCC1=C2B(O)O[C@H](c3ccc(O)c(F)c3)C[C@H]2[C@H]2C(=O)N(c3cccc(B(O)O)c3)C(=O)[C@H]2C1)(c1ccccc1)c1ccccc1. The van der Waals surface area contributed by atoms with E-state index in [-0.39, 0.29) is 35.6 Å². The molecular weight excluding hydrogens is 679 g/mol. The van der Waals surface area contributed by atoms with Crippen molar-refractivity contribution in [1.29, 1.82) is 0 Å². The molecule has 4 N–H and O–H groups in total. The Morgan fingerprint density at radius 3 is 2.15 bits per heavy atom. The Morgan fingerprint density at radius 2 is 1.56 bits per heavy atom. The highest BCUT2D eigenvalue weighted by atomic mass is 28.4. The van der Waals surface area contributed by atoms with Crippen molar-refractivity contribution in [2.75, 3.05) is 11.5 Å². The number of fused-ring (bicyclic) bond motifs is 3. The van der Waals surface area contributed by atoms with E-state index in [0.29, 0.717) is 16.6 Å². The normalized spacial score (nSPS) is 22.1. The predicted molar refractivity (Wildman–Crippen MR) is 199 cm³/mol. The van der Waals surface area contributed by atoms with Gasteiger partial charge in [0, 0.05) is 0 Å². The highest BCUT2D eigenvalue weighted by molar-refractivity contribution is 6.99. The lowest BCUT2D eigenvalue weighted by molar-refractivity contribution is -0.123. The van der Waals surface area contributed by atoms with Crippen molar-refractivity contribution in [2.45, 2.75) is 44.8 Å². The summed E-state index contributed by atoms with van der Waals surface area (Å²) in [5.74, 6) is -4.62. The number of nitrogens with zero attached hydrogens (tertiary/aromatic N) is 1. The molecule has 0 unspecified atom stereocenters. The van der Waals surface area contributed by atoms with Crippen LogP contribution in [0.4, 0.5) is 10.1 Å². The molecule has 4 aromatic carbocycles. The van der Waals surface area contributed by atoms with Gasteiger partial charge in [-0.15, -0.1) is 0 Å². The summed E-state index contributed by atoms with van der Waals surface area (Å²) in [5, 5.41) is 43.0. The van der Waals surface area contributed by atoms with E-state index < -0.39 is 69.8 Å². The molecule has 2 heterocycles. The number of amides is 2. The average Bonchev–Trinajstić information content (AvgIpc) is 3.38. The van der Waals surface area contributed by atoms with Crippen LogP contribution in [0.1, 0.15) is 45.3 Å². The van der Waals surface area contributed by atoms with Crippen molar-refractivity contribution in [3.05, 3.63) is 126 Å². The second-order valence-electron chi connectivity index (χ2n) is 14.9. The van der Waals surface area contributed by atoms with Gasteiger partial charge < -0.3 is 29.3 Å². The monoisotopic (exact) mass is 719 g/mol. The number of carbonyl (C=O) groups excluding carboxylic acids is 2. The molecule has 4 aromatic rings. The summed E-state index contributed by atoms with van der Waals surface area (Å²) in [4.78, 5) is 29.8. The lowest BCUT2D eigenvalue weighted by atomic mass is 9.55. The van der Waals surface area contributed by atoms with Crippen molar-refractivity contribution >= 4 is 55.9 Å². The Kier molecular flexibility index (Phi) is 9.62. The number of anilines is 1. The molecule has 2 saturated heterocycles. The van der Waals surface area contributed by atoms with Gasteiger partial charge in [-0.05, 0) is 80.5 Å². The van der Waals surface area contributed by atoms with E-state index in [2.05, 4.69) is 45.0 Å². The molecule has 2 amide bonds. The van der Waals surface area contributed by atoms with Gasteiger partial charge in [0.1, 0.15) is 0 Å². The number of phenols is 1. The fourth-order valence-electron chi connectivity index (χ4n) is 8.52. The summed E-state index contributed by atoms with van der Waals surface area (Å²) in [6.45, 7) is 6.54. The number of carbonyl (C=O) groups is 2. The number of allylic oxidation sites excluding steroid dienone is 1. The zero-order valence-electron chi connectivity index (χ0n) is 29.1. The first-order chi connectivity index (χ1) is 24.8. The molecule has 4 atom stereocenters. The summed E-state index contributed by atoms with van der Waals surface area (Å²) in [6.07, 6.45) is -0.555. The summed E-state index contributed by atoms with van der Waals surface area (Å²) in [5.41, 5.74) is 1.87. The summed E-state index contributed by atoms with van der Waals surface area (Å²) >= 11 is 0. The number of phenolic OH excluding ortho intramolecular Hbond substituents is 1. The van der Waals surface area contributed by atoms with E-state index in [1.54, 1.807) is 12.1 Å². The molecule has 3 aliphatic rings. The molecule has 9 nitrogen and oxygen atoms in total. The number of rotatable bonds is 8. The number of imide groups is 1. The van der Waals surface area contributed by atoms with Gasteiger partial charge in [-0.1, -0.05) is 99.6 Å². The van der Waals surface area contributed by atoms with Crippen molar-refractivity contribution in [1.82, 2.24) is 0 Å². The Balaban J connectivity index is 1.33. The molecule has 1 aliphatic carbocycles. The third kappa shape index (κ3) is 6.15. The molecule has 2 aliphatic heterocycles. The van der Waals surface area contributed by atoms with Crippen LogP contribution in [-0.4, -0.2) is 61.2 Å². The van der Waals surface area contributed by atoms with Crippen molar-refractivity contribution < 1.29 is 43.2 Å². The summed E-state index contributed by atoms with van der Waals surface area (Å²) < 4.78 is 28.0. The first-order valence-electron chi connectivity index (χ1n) is 17.4. The van der Waals surface area contributed by atoms with Crippen LogP contribution in [0.25, 0.3) is 0 Å². The van der Waals surface area contributed by atoms with Crippen LogP contribution in [0.5, 0.6) is 5.75 Å². The third-order valence-electron chi connectivity index (χ3n) is 10.9. The molecule has 0 saturated carbocycles. The molecule has 13 heteroatoms. The fourth-order valence-corrected chi connectivity index (χ4v) is 13.1. The Morgan fingerprint density at radius 1 is 0.904 bits per heavy atom. The first-order valence-corrected chi connectivity index (χ1v) is 19.4. The highest BCUT2D eigenvalue weighted by Crippen LogP contribution is 2.52. The van der Waals surface area contributed by atoms with E-state index in [0.717, 1.165) is 21.3 Å². The van der Waals surface area contributed by atoms with Gasteiger partial charge in [0.25, 0.3) is 8.32 Å². The Hall–Kier alpha value is -4.36. The van der Waals surface area contributed by atoms with Crippen LogP contribution < -0.4 is 20.7 Å². The minimum absolute atomic E-state index is 0.0644. The van der Waals surface area contributed by atoms with E-state index in [4.69, 9.17) is 9.08 Å². The standard InChI is InChI=1S/C39H40B2FNO8Si/c1-39(2,3)52(28-13-6-4-7-14-28,29-15-8-5-9-16-29)50-23-25-19-31-35(38(46)43(37(31)45)27-12-10-11-26(21-27)40(47)48)30-22-34(51-41(49)36(25)30)24-17-18-33(44)32(42)20-24/h4-18,20-21,30-31,34-35,44,47-49H,19,22-23H2,1-3H3/t30-,31-,34-,35+/m0/s1. The Labute approximate surface area is 303 Å². The zero-order valence-corrected chi connectivity index (χ0v) is 30.1. The van der Waals surface area contributed by atoms with Crippen LogP contribution in [0.3, 0.4) is 0 Å². The lowest BCUT2D eigenvalue weighted by Crippen LogP contribution is -2.66. The second-order valence-corrected chi connectivity index (χ2v) is 19.2. The number of halogens is 1. The van der Waals surface area contributed by atoms with Crippen molar-refractivity contribution in [3.63, 3.8) is 0 Å². The molecule has 266 valence electrons. The van der Waals surface area contributed by atoms with Gasteiger partial charge >= 0.3 is 14.2 Å². The largest absolute Gasteiger partial charge is 0.505 e. The molecule has 0 radical (unpaired) electrons. The topological polar surface area (TPSA) is 137 Å². The summed E-state index contributed by atoms with van der Waals surface area (Å²) in [7, 11) is -6.35. The highest BCUT2D eigenvalue weighted by Gasteiger charge is 2.59. The number of hydrogen-bond donors (Lipinski definition) is 4. The Bertz CT molecular complexity index is 1990. The van der Waals surface area contributed by atoms with Gasteiger partial charge in [0.15, 0.2) is 11.6 Å². The van der Waals surface area contributed by atoms with E-state index in [1.165, 1.54) is 24.3 Å². The maximum Gasteiger partial charge on any atom is 0.488 e. The zero-order chi connectivity index (χ0) is 36.9. The quantitative estimate of drug-likeness (QED) is 0.161. The predicted octanol–water partition coefficient (Wildman–Crippen LogP) is 3.39. The van der Waals surface area contributed by atoms with Gasteiger partial charge in [0.2, 0.25) is 11.8 Å². The van der Waals surface area contributed by atoms with E-state index in [9.17, 15) is 34.2 Å². The van der Waals surface area contributed by atoms with Gasteiger partial charge in [0.05, 0.1) is 30.2 Å². The number of aromatic hydroxyl groups is 1. The lowest BCUT2D eigenvalue weighted by Gasteiger charge is -2.45. The smallest absolute Gasteiger partial charge is 0.488 e. The molecule has 0 spiro atoms. The maximum atomic E-state index is 14.5. The van der Waals surface area contributed by atoms with Crippen LogP contribution in [0.2, 0.25) is 5.04 Å². The molecule has 2 fully saturated rings. The molecular formula is C39H40B2FNO8Si. The minimum atomic E-state index is -3.07. The van der Waals surface area contributed by atoms with Gasteiger partial charge in [-0.3, -0.25) is 14.5 Å². The van der Waals surface area contributed by atoms with Gasteiger partial charge in [-0.2, -0.15) is 0 Å². The van der Waals surface area contributed by atoms with Crippen LogP contribution in [0, 0.1) is 23.6 Å². The third-order valence-corrected chi connectivity index (χ3v) is 15.8. The van der Waals surface area contributed by atoms with E-state index >= 15 is 0 Å². The number of benzene rings is 4. The van der Waals surface area contributed by atoms with Crippen LogP contribution in [-0.2, 0) is 18.7 Å². The first kappa shape index (κ1) is 36.0. The van der Waals surface area contributed by atoms with Crippen molar-refractivity contribution in [2.24, 2.45) is 17.8 Å². The van der Waals surface area contributed by atoms with Crippen LogP contribution in [0.15, 0.2) is 114 Å². The number of hydrogen-bond acceptors (Lipinski definition) is 8. The molecule has 52 heavy (non-hydrogen) atoms. The molecule has 7 rings (SSSR count).